The topological polar surface area (TPSA) is 32.7 Å². The van der Waals surface area contributed by atoms with E-state index in [1.807, 2.05) is 13.8 Å². The normalized spacial score (nSPS) is 24.9. The monoisotopic (exact) mass is 289 g/mol. The third-order valence-electron chi connectivity index (χ3n) is 3.78. The van der Waals surface area contributed by atoms with Crippen LogP contribution in [0.3, 0.4) is 0 Å². The summed E-state index contributed by atoms with van der Waals surface area (Å²) >= 11 is 0. The van der Waals surface area contributed by atoms with Gasteiger partial charge < -0.3 is 14.7 Å². The Bertz CT molecular complexity index is 292. The standard InChI is InChI=1S/C15H27NO2.ClH/c1-5-15(4,6-2)18-12-14(17)11-16-9-7-8-13(3)10-16;/h1,13-14,17H,6-12H2,2-4H3;1H. The molecule has 0 radical (unpaired) electrons. The first kappa shape index (κ1) is 18.7. The number of ether oxygens (including phenoxy) is 1. The van der Waals surface area contributed by atoms with Gasteiger partial charge in [-0.25, -0.2) is 0 Å². The van der Waals surface area contributed by atoms with Crippen LogP contribution >= 0.6 is 12.4 Å². The van der Waals surface area contributed by atoms with Crippen molar-refractivity contribution in [2.75, 3.05) is 26.2 Å². The molecule has 0 aromatic heterocycles. The molecule has 4 heteroatoms. The molecule has 1 fully saturated rings. The quantitative estimate of drug-likeness (QED) is 0.762. The van der Waals surface area contributed by atoms with E-state index in [4.69, 9.17) is 11.2 Å². The largest absolute Gasteiger partial charge is 0.389 e. The summed E-state index contributed by atoms with van der Waals surface area (Å²) in [7, 11) is 0. The Kier molecular flexibility index (Phi) is 8.69. The second-order valence-electron chi connectivity index (χ2n) is 5.70. The number of likely N-dealkylation sites (tertiary alicyclic amines) is 1. The van der Waals surface area contributed by atoms with Gasteiger partial charge in [0.25, 0.3) is 0 Å². The van der Waals surface area contributed by atoms with Gasteiger partial charge in [-0.3, -0.25) is 0 Å². The van der Waals surface area contributed by atoms with Crippen molar-refractivity contribution in [2.24, 2.45) is 5.92 Å². The maximum absolute atomic E-state index is 10.0. The second kappa shape index (κ2) is 8.81. The smallest absolute Gasteiger partial charge is 0.125 e. The lowest BCUT2D eigenvalue weighted by Gasteiger charge is -2.33. The molecule has 19 heavy (non-hydrogen) atoms. The molecule has 1 saturated heterocycles. The Labute approximate surface area is 124 Å². The van der Waals surface area contributed by atoms with Crippen molar-refractivity contribution in [1.29, 1.82) is 0 Å². The Morgan fingerprint density at radius 2 is 2.26 bits per heavy atom. The molecular weight excluding hydrogens is 262 g/mol. The number of rotatable bonds is 6. The lowest BCUT2D eigenvalue weighted by Crippen LogP contribution is -2.42. The van der Waals surface area contributed by atoms with Crippen LogP contribution in [0.2, 0.25) is 0 Å². The lowest BCUT2D eigenvalue weighted by atomic mass is 10.00. The van der Waals surface area contributed by atoms with E-state index in [0.717, 1.165) is 25.4 Å². The van der Waals surface area contributed by atoms with Crippen molar-refractivity contribution in [3.05, 3.63) is 0 Å². The predicted octanol–water partition coefficient (Wildman–Crippen LogP) is 2.32. The van der Waals surface area contributed by atoms with Crippen molar-refractivity contribution >= 4 is 12.4 Å². The molecule has 112 valence electrons. The van der Waals surface area contributed by atoms with Crippen molar-refractivity contribution in [3.8, 4) is 12.3 Å². The Morgan fingerprint density at radius 1 is 1.58 bits per heavy atom. The van der Waals surface area contributed by atoms with E-state index in [9.17, 15) is 5.11 Å². The van der Waals surface area contributed by atoms with E-state index in [2.05, 4.69) is 17.7 Å². The van der Waals surface area contributed by atoms with Gasteiger partial charge in [0.1, 0.15) is 5.60 Å². The fourth-order valence-corrected chi connectivity index (χ4v) is 2.33. The van der Waals surface area contributed by atoms with Crippen LogP contribution in [-0.4, -0.2) is 48.0 Å². The highest BCUT2D eigenvalue weighted by Crippen LogP contribution is 2.17. The fourth-order valence-electron chi connectivity index (χ4n) is 2.33. The molecule has 1 N–H and O–H groups in total. The third kappa shape index (κ3) is 6.63. The molecule has 0 spiro atoms. The Hall–Kier alpha value is -0.270. The maximum atomic E-state index is 10.0. The van der Waals surface area contributed by atoms with Crippen LogP contribution in [0.25, 0.3) is 0 Å². The summed E-state index contributed by atoms with van der Waals surface area (Å²) < 4.78 is 5.65. The van der Waals surface area contributed by atoms with Crippen LogP contribution in [0.1, 0.15) is 40.0 Å². The SMILES string of the molecule is C#CC(C)(CC)OCC(O)CN1CCCC(C)C1.Cl. The summed E-state index contributed by atoms with van der Waals surface area (Å²) in [5, 5.41) is 10.0. The second-order valence-corrected chi connectivity index (χ2v) is 5.70. The first-order valence-electron chi connectivity index (χ1n) is 7.01. The van der Waals surface area contributed by atoms with Crippen LogP contribution in [-0.2, 0) is 4.74 Å². The highest BCUT2D eigenvalue weighted by atomic mass is 35.5. The summed E-state index contributed by atoms with van der Waals surface area (Å²) in [6.07, 6.45) is 8.28. The van der Waals surface area contributed by atoms with Gasteiger partial charge in [0, 0.05) is 13.1 Å². The Balaban J connectivity index is 0.00000324. The van der Waals surface area contributed by atoms with Gasteiger partial charge >= 0.3 is 0 Å². The fraction of sp³-hybridized carbons (Fsp3) is 0.867. The predicted molar refractivity (Wildman–Crippen MR) is 81.6 cm³/mol. The van der Waals surface area contributed by atoms with Crippen molar-refractivity contribution < 1.29 is 9.84 Å². The van der Waals surface area contributed by atoms with Gasteiger partial charge in [-0.15, -0.1) is 18.8 Å². The van der Waals surface area contributed by atoms with Crippen molar-refractivity contribution in [3.63, 3.8) is 0 Å². The van der Waals surface area contributed by atoms with Gasteiger partial charge in [-0.1, -0.05) is 19.8 Å². The molecule has 3 nitrogen and oxygen atoms in total. The highest BCUT2D eigenvalue weighted by molar-refractivity contribution is 5.85. The molecule has 0 aliphatic carbocycles. The Morgan fingerprint density at radius 3 is 2.79 bits per heavy atom. The molecule has 3 unspecified atom stereocenters. The molecule has 1 heterocycles. The molecule has 1 rings (SSSR count). The van der Waals surface area contributed by atoms with Crippen LogP contribution < -0.4 is 0 Å². The molecule has 1 aliphatic rings. The average Bonchev–Trinajstić information content (AvgIpc) is 2.36. The van der Waals surface area contributed by atoms with Crippen LogP contribution in [0.4, 0.5) is 0 Å². The molecular formula is C15H28ClNO2. The lowest BCUT2D eigenvalue weighted by molar-refractivity contribution is -0.0494. The number of piperidine rings is 1. The van der Waals surface area contributed by atoms with Gasteiger partial charge in [0.2, 0.25) is 0 Å². The summed E-state index contributed by atoms with van der Waals surface area (Å²) in [6, 6.07) is 0. The maximum Gasteiger partial charge on any atom is 0.125 e. The number of β-amino-alcohol motifs (C(OH)–C–C–N with tert-alkyl or cyclic N) is 1. The number of halogens is 1. The van der Waals surface area contributed by atoms with E-state index in [-0.39, 0.29) is 12.4 Å². The van der Waals surface area contributed by atoms with Gasteiger partial charge in [-0.2, -0.15) is 0 Å². The molecule has 0 aromatic rings. The van der Waals surface area contributed by atoms with Gasteiger partial charge in [0.15, 0.2) is 0 Å². The molecule has 0 amide bonds. The summed E-state index contributed by atoms with van der Waals surface area (Å²) in [6.45, 7) is 9.33. The minimum absolute atomic E-state index is 0. The zero-order valence-corrected chi connectivity index (χ0v) is 13.2. The number of aliphatic hydroxyl groups is 1. The van der Waals surface area contributed by atoms with Crippen LogP contribution in [0.5, 0.6) is 0 Å². The van der Waals surface area contributed by atoms with Gasteiger partial charge in [0.05, 0.1) is 12.7 Å². The van der Waals surface area contributed by atoms with Gasteiger partial charge in [-0.05, 0) is 38.6 Å². The van der Waals surface area contributed by atoms with E-state index in [1.54, 1.807) is 0 Å². The minimum Gasteiger partial charge on any atom is -0.389 e. The molecule has 0 bridgehead atoms. The number of terminal acetylenes is 1. The van der Waals surface area contributed by atoms with Crippen molar-refractivity contribution in [2.45, 2.75) is 51.7 Å². The first-order chi connectivity index (χ1) is 8.49. The highest BCUT2D eigenvalue weighted by Gasteiger charge is 2.23. The van der Waals surface area contributed by atoms with E-state index in [1.165, 1.54) is 12.8 Å². The summed E-state index contributed by atoms with van der Waals surface area (Å²) in [5.41, 5.74) is -0.545. The summed E-state index contributed by atoms with van der Waals surface area (Å²) in [4.78, 5) is 2.32. The van der Waals surface area contributed by atoms with Crippen LogP contribution in [0, 0.1) is 18.3 Å². The zero-order chi connectivity index (χ0) is 13.6. The van der Waals surface area contributed by atoms with E-state index >= 15 is 0 Å². The summed E-state index contributed by atoms with van der Waals surface area (Å²) in [5.74, 6) is 3.38. The number of nitrogens with zero attached hydrogens (tertiary/aromatic N) is 1. The number of hydrogen-bond acceptors (Lipinski definition) is 3. The van der Waals surface area contributed by atoms with Crippen LogP contribution in [0.15, 0.2) is 0 Å². The van der Waals surface area contributed by atoms with Crippen molar-refractivity contribution in [1.82, 2.24) is 4.90 Å². The number of aliphatic hydroxyl groups excluding tert-OH is 1. The first-order valence-corrected chi connectivity index (χ1v) is 7.01. The zero-order valence-electron chi connectivity index (χ0n) is 12.4. The molecule has 0 aromatic carbocycles. The average molecular weight is 290 g/mol. The molecule has 3 atom stereocenters. The minimum atomic E-state index is -0.545. The molecule has 1 aliphatic heterocycles. The molecule has 0 saturated carbocycles. The van der Waals surface area contributed by atoms with E-state index in [0.29, 0.717) is 13.2 Å². The number of hydrogen-bond donors (Lipinski definition) is 1. The van der Waals surface area contributed by atoms with E-state index < -0.39 is 11.7 Å². The third-order valence-corrected chi connectivity index (χ3v) is 3.78.